The Morgan fingerprint density at radius 1 is 1.21 bits per heavy atom. The quantitative estimate of drug-likeness (QED) is 0.481. The minimum Gasteiger partial charge on any atom is -0.296 e. The normalized spacial score (nSPS) is 15.0. The third kappa shape index (κ3) is 4.55. The molecule has 0 aromatic carbocycles. The molecule has 0 aromatic heterocycles. The van der Waals surface area contributed by atoms with Crippen LogP contribution in [0.25, 0.3) is 0 Å². The lowest BCUT2D eigenvalue weighted by Gasteiger charge is -2.00. The van der Waals surface area contributed by atoms with Gasteiger partial charge in [0.1, 0.15) is 0 Å². The molecule has 0 heterocycles. The summed E-state index contributed by atoms with van der Waals surface area (Å²) in [6.07, 6.45) is 7.53. The number of aliphatic imine (C=N–C) groups is 2. The van der Waals surface area contributed by atoms with E-state index in [-0.39, 0.29) is 0 Å². The first-order valence-corrected chi connectivity index (χ1v) is 4.52. The molecular weight excluding hydrogens is 172 g/mol. The molecule has 0 aliphatic heterocycles. The van der Waals surface area contributed by atoms with Crippen LogP contribution in [0.2, 0.25) is 0 Å². The van der Waals surface area contributed by atoms with Gasteiger partial charge in [0.2, 0.25) is 0 Å². The van der Waals surface area contributed by atoms with Crippen molar-refractivity contribution in [1.29, 1.82) is 0 Å². The van der Waals surface area contributed by atoms with Crippen LogP contribution in [0.1, 0.15) is 13.8 Å². The molecule has 2 heteroatoms. The molecule has 0 aromatic rings. The second-order valence-corrected chi connectivity index (χ2v) is 2.93. The average molecular weight is 190 g/mol. The van der Waals surface area contributed by atoms with Crippen molar-refractivity contribution in [2.24, 2.45) is 9.98 Å². The highest BCUT2D eigenvalue weighted by Gasteiger charge is 1.94. The van der Waals surface area contributed by atoms with E-state index in [1.807, 2.05) is 32.1 Å². The molecule has 14 heavy (non-hydrogen) atoms. The molecular formula is C12H18N2. The first-order valence-electron chi connectivity index (χ1n) is 4.52. The molecule has 2 nitrogen and oxygen atoms in total. The fraction of sp³-hybridized carbons (Fsp3) is 0.333. The van der Waals surface area contributed by atoms with E-state index in [9.17, 15) is 0 Å². The third-order valence-electron chi connectivity index (χ3n) is 1.86. The van der Waals surface area contributed by atoms with Gasteiger partial charge in [0.25, 0.3) is 0 Å². The average Bonchev–Trinajstić information content (AvgIpc) is 2.18. The first kappa shape index (κ1) is 12.6. The van der Waals surface area contributed by atoms with Crippen molar-refractivity contribution >= 4 is 11.9 Å². The van der Waals surface area contributed by atoms with E-state index < -0.39 is 0 Å². The van der Waals surface area contributed by atoms with Crippen molar-refractivity contribution < 1.29 is 0 Å². The summed E-state index contributed by atoms with van der Waals surface area (Å²) in [5, 5.41) is 0. The monoisotopic (exact) mass is 190 g/mol. The number of hydrogen-bond donors (Lipinski definition) is 0. The molecule has 0 N–H and O–H groups in total. The van der Waals surface area contributed by atoms with Crippen LogP contribution >= 0.6 is 0 Å². The smallest absolute Gasteiger partial charge is 0.0316 e. The van der Waals surface area contributed by atoms with Crippen molar-refractivity contribution in [2.75, 3.05) is 14.1 Å². The predicted octanol–water partition coefficient (Wildman–Crippen LogP) is 2.84. The zero-order valence-corrected chi connectivity index (χ0v) is 9.41. The standard InChI is InChI=1S/C12H18N2/c1-6-12(7-8-13-4)10(2)9-11(3)14-5/h6-9H,1H2,2-5H3/b10-9+,12-7+,13-8?,14-11?. The summed E-state index contributed by atoms with van der Waals surface area (Å²) in [6.45, 7) is 7.76. The van der Waals surface area contributed by atoms with E-state index in [1.165, 1.54) is 0 Å². The predicted molar refractivity (Wildman–Crippen MR) is 65.5 cm³/mol. The molecule has 0 aliphatic carbocycles. The molecule has 0 unspecified atom stereocenters. The molecule has 0 spiro atoms. The largest absolute Gasteiger partial charge is 0.296 e. The second kappa shape index (κ2) is 7.01. The summed E-state index contributed by atoms with van der Waals surface area (Å²) < 4.78 is 0. The van der Waals surface area contributed by atoms with Crippen molar-refractivity contribution in [3.63, 3.8) is 0 Å². The van der Waals surface area contributed by atoms with Gasteiger partial charge in [-0.3, -0.25) is 9.98 Å². The van der Waals surface area contributed by atoms with Crippen molar-refractivity contribution in [3.05, 3.63) is 36.0 Å². The van der Waals surface area contributed by atoms with Crippen LogP contribution in [0, 0.1) is 0 Å². The highest BCUT2D eigenvalue weighted by Crippen LogP contribution is 2.09. The van der Waals surface area contributed by atoms with Gasteiger partial charge in [0.05, 0.1) is 0 Å². The van der Waals surface area contributed by atoms with Gasteiger partial charge >= 0.3 is 0 Å². The van der Waals surface area contributed by atoms with E-state index in [4.69, 9.17) is 0 Å². The lowest BCUT2D eigenvalue weighted by atomic mass is 10.1. The summed E-state index contributed by atoms with van der Waals surface area (Å²) in [4.78, 5) is 7.97. The number of allylic oxidation sites excluding steroid dienone is 5. The molecule has 0 atom stereocenters. The van der Waals surface area contributed by atoms with E-state index in [0.717, 1.165) is 16.9 Å². The molecule has 0 saturated heterocycles. The zero-order chi connectivity index (χ0) is 11.0. The van der Waals surface area contributed by atoms with Crippen molar-refractivity contribution in [1.82, 2.24) is 0 Å². The Morgan fingerprint density at radius 3 is 2.29 bits per heavy atom. The van der Waals surface area contributed by atoms with Gasteiger partial charge in [-0.1, -0.05) is 12.7 Å². The lowest BCUT2D eigenvalue weighted by molar-refractivity contribution is 1.39. The van der Waals surface area contributed by atoms with Gasteiger partial charge in [-0.25, -0.2) is 0 Å². The zero-order valence-electron chi connectivity index (χ0n) is 9.41. The van der Waals surface area contributed by atoms with Crippen molar-refractivity contribution in [2.45, 2.75) is 13.8 Å². The van der Waals surface area contributed by atoms with Crippen LogP contribution in [-0.2, 0) is 0 Å². The summed E-state index contributed by atoms with van der Waals surface area (Å²) in [7, 11) is 3.53. The Kier molecular flexibility index (Phi) is 6.29. The number of hydrogen-bond acceptors (Lipinski definition) is 2. The molecule has 76 valence electrons. The van der Waals surface area contributed by atoms with Gasteiger partial charge in [0, 0.05) is 26.0 Å². The minimum absolute atomic E-state index is 1.00. The van der Waals surface area contributed by atoms with Gasteiger partial charge in [0.15, 0.2) is 0 Å². The van der Waals surface area contributed by atoms with Crippen LogP contribution in [0.4, 0.5) is 0 Å². The van der Waals surface area contributed by atoms with Gasteiger partial charge in [-0.15, -0.1) is 0 Å². The third-order valence-corrected chi connectivity index (χ3v) is 1.86. The molecule has 0 radical (unpaired) electrons. The van der Waals surface area contributed by atoms with Gasteiger partial charge < -0.3 is 0 Å². The maximum Gasteiger partial charge on any atom is 0.0316 e. The van der Waals surface area contributed by atoms with Crippen LogP contribution < -0.4 is 0 Å². The molecule has 0 bridgehead atoms. The van der Waals surface area contributed by atoms with Crippen LogP contribution in [0.15, 0.2) is 45.9 Å². The Bertz CT molecular complexity index is 304. The Labute approximate surface area is 86.5 Å². The summed E-state index contributed by atoms with van der Waals surface area (Å²) in [5.74, 6) is 0. The maximum absolute atomic E-state index is 4.07. The van der Waals surface area contributed by atoms with Gasteiger partial charge in [-0.2, -0.15) is 0 Å². The SMILES string of the molecule is C=CC(=C\C=NC)/C(C)=C/C(C)=NC. The second-order valence-electron chi connectivity index (χ2n) is 2.93. The molecule has 0 aliphatic rings. The first-order chi connectivity index (χ1) is 6.65. The Hall–Kier alpha value is -1.44. The molecule has 0 fully saturated rings. The highest BCUT2D eigenvalue weighted by atomic mass is 14.7. The number of rotatable bonds is 4. The fourth-order valence-electron chi connectivity index (χ4n) is 0.977. The topological polar surface area (TPSA) is 24.7 Å². The number of nitrogens with zero attached hydrogens (tertiary/aromatic N) is 2. The van der Waals surface area contributed by atoms with Gasteiger partial charge in [-0.05, 0) is 37.1 Å². The molecule has 0 rings (SSSR count). The summed E-state index contributed by atoms with van der Waals surface area (Å²) in [5.41, 5.74) is 3.21. The van der Waals surface area contributed by atoms with Crippen molar-refractivity contribution in [3.8, 4) is 0 Å². The van der Waals surface area contributed by atoms with E-state index in [1.54, 1.807) is 20.3 Å². The lowest BCUT2D eigenvalue weighted by Crippen LogP contribution is -1.89. The van der Waals surface area contributed by atoms with E-state index in [0.29, 0.717) is 0 Å². The van der Waals surface area contributed by atoms with Crippen LogP contribution in [-0.4, -0.2) is 26.0 Å². The van der Waals surface area contributed by atoms with E-state index >= 15 is 0 Å². The Balaban J connectivity index is 4.88. The Morgan fingerprint density at radius 2 is 1.86 bits per heavy atom. The summed E-state index contributed by atoms with van der Waals surface area (Å²) >= 11 is 0. The highest BCUT2D eigenvalue weighted by molar-refractivity contribution is 5.94. The maximum atomic E-state index is 4.07. The molecule has 0 amide bonds. The van der Waals surface area contributed by atoms with Crippen LogP contribution in [0.5, 0.6) is 0 Å². The fourth-order valence-corrected chi connectivity index (χ4v) is 0.977. The molecule has 0 saturated carbocycles. The van der Waals surface area contributed by atoms with E-state index in [2.05, 4.69) is 16.6 Å². The minimum atomic E-state index is 1.00. The van der Waals surface area contributed by atoms with Crippen LogP contribution in [0.3, 0.4) is 0 Å². The summed E-state index contributed by atoms with van der Waals surface area (Å²) in [6, 6.07) is 0.